The minimum absolute atomic E-state index is 0.631. The molecule has 0 amide bonds. The molecule has 0 radical (unpaired) electrons. The van der Waals surface area contributed by atoms with Gasteiger partial charge in [0.2, 0.25) is 0 Å². The van der Waals surface area contributed by atoms with Crippen molar-refractivity contribution in [2.45, 2.75) is 6.54 Å². The predicted molar refractivity (Wildman–Crippen MR) is 173 cm³/mol. The number of aromatic nitrogens is 2. The minimum atomic E-state index is 0.631. The highest BCUT2D eigenvalue weighted by atomic mass is 15.0. The van der Waals surface area contributed by atoms with Crippen LogP contribution in [0.25, 0.3) is 55.0 Å². The first-order valence-electron chi connectivity index (χ1n) is 14.0. The summed E-state index contributed by atoms with van der Waals surface area (Å²) in [6.07, 6.45) is 1.95. The van der Waals surface area contributed by atoms with Crippen LogP contribution in [0, 0.1) is 0 Å². The number of rotatable bonds is 5. The Morgan fingerprint density at radius 1 is 0.439 bits per heavy atom. The van der Waals surface area contributed by atoms with Gasteiger partial charge in [-0.2, -0.15) is 0 Å². The third-order valence-electron chi connectivity index (χ3n) is 7.96. The van der Waals surface area contributed by atoms with Gasteiger partial charge in [-0.05, 0) is 59.7 Å². The lowest BCUT2D eigenvalue weighted by Crippen LogP contribution is -1.96. The van der Waals surface area contributed by atoms with Gasteiger partial charge in [0.15, 0.2) is 0 Å². The Morgan fingerprint density at radius 3 is 1.68 bits per heavy atom. The molecule has 0 N–H and O–H groups in total. The van der Waals surface area contributed by atoms with Crippen LogP contribution in [0.1, 0.15) is 11.1 Å². The summed E-state index contributed by atoms with van der Waals surface area (Å²) in [5, 5.41) is 5.05. The summed E-state index contributed by atoms with van der Waals surface area (Å²) >= 11 is 0. The molecule has 0 fully saturated rings. The van der Waals surface area contributed by atoms with E-state index in [9.17, 15) is 0 Å². The molecule has 0 aliphatic rings. The summed E-state index contributed by atoms with van der Waals surface area (Å²) < 4.78 is 4.79. The van der Waals surface area contributed by atoms with Gasteiger partial charge in [0.25, 0.3) is 0 Å². The summed E-state index contributed by atoms with van der Waals surface area (Å²) in [5.41, 5.74) is 9.43. The Balaban J connectivity index is 1.35. The van der Waals surface area contributed by atoms with Crippen molar-refractivity contribution in [3.63, 3.8) is 0 Å². The van der Waals surface area contributed by atoms with Gasteiger partial charge in [0, 0.05) is 39.1 Å². The number of hydrogen-bond donors (Lipinski definition) is 0. The summed E-state index contributed by atoms with van der Waals surface area (Å²) in [5.74, 6) is 0. The standard InChI is InChI=1S/C38H27N3/c1-3-12-27(13-4-1)25-39-26-28-14-11-17-30(22-28)41-36-21-10-8-19-32(36)34-23-33-31-18-7-9-20-35(31)40(37(33)24-38(34)41)29-15-5-2-6-16-29/h1-25H,26H2/b39-25+. The van der Waals surface area contributed by atoms with Crippen molar-refractivity contribution in [2.24, 2.45) is 4.99 Å². The van der Waals surface area contributed by atoms with Crippen LogP contribution in [0.5, 0.6) is 0 Å². The highest BCUT2D eigenvalue weighted by molar-refractivity contribution is 6.19. The molecule has 194 valence electrons. The number of benzene rings is 6. The van der Waals surface area contributed by atoms with Gasteiger partial charge in [0.1, 0.15) is 0 Å². The molecule has 0 spiro atoms. The van der Waals surface area contributed by atoms with Gasteiger partial charge in [-0.15, -0.1) is 0 Å². The van der Waals surface area contributed by atoms with Crippen LogP contribution in [0.15, 0.2) is 151 Å². The molecule has 0 aliphatic carbocycles. The van der Waals surface area contributed by atoms with Crippen molar-refractivity contribution < 1.29 is 0 Å². The maximum atomic E-state index is 4.73. The zero-order chi connectivity index (χ0) is 27.2. The Morgan fingerprint density at radius 2 is 1.00 bits per heavy atom. The molecule has 3 heteroatoms. The van der Waals surface area contributed by atoms with E-state index in [4.69, 9.17) is 4.99 Å². The molecule has 6 aromatic carbocycles. The fraction of sp³-hybridized carbons (Fsp3) is 0.0263. The van der Waals surface area contributed by atoms with E-state index < -0.39 is 0 Å². The Labute approximate surface area is 238 Å². The number of hydrogen-bond acceptors (Lipinski definition) is 1. The smallest absolute Gasteiger partial charge is 0.0640 e. The van der Waals surface area contributed by atoms with Crippen LogP contribution in [0.2, 0.25) is 0 Å². The molecular weight excluding hydrogens is 498 g/mol. The molecule has 0 bridgehead atoms. The SMILES string of the molecule is C(=N\Cc1cccc(-n2c3ccccc3c3cc4c5ccccc5n(-c5ccccc5)c4cc32)c1)/c1ccccc1. The topological polar surface area (TPSA) is 22.2 Å². The van der Waals surface area contributed by atoms with Crippen LogP contribution in [0.3, 0.4) is 0 Å². The second-order valence-electron chi connectivity index (χ2n) is 10.5. The third kappa shape index (κ3) is 3.94. The first kappa shape index (κ1) is 23.5. The lowest BCUT2D eigenvalue weighted by Gasteiger charge is -2.11. The van der Waals surface area contributed by atoms with Crippen LogP contribution in [-0.4, -0.2) is 15.3 Å². The largest absolute Gasteiger partial charge is 0.309 e. The van der Waals surface area contributed by atoms with Crippen LogP contribution in [0.4, 0.5) is 0 Å². The number of fused-ring (bicyclic) bond motifs is 6. The Bertz CT molecular complexity index is 2220. The maximum absolute atomic E-state index is 4.73. The maximum Gasteiger partial charge on any atom is 0.0640 e. The van der Waals surface area contributed by atoms with Gasteiger partial charge in [0.05, 0.1) is 28.6 Å². The Kier molecular flexibility index (Phi) is 5.53. The van der Waals surface area contributed by atoms with Crippen molar-refractivity contribution in [3.05, 3.63) is 157 Å². The zero-order valence-corrected chi connectivity index (χ0v) is 22.5. The molecule has 41 heavy (non-hydrogen) atoms. The second kappa shape index (κ2) is 9.65. The Hall–Kier alpha value is -5.41. The van der Waals surface area contributed by atoms with E-state index in [1.165, 1.54) is 54.9 Å². The molecular formula is C38H27N3. The molecule has 3 nitrogen and oxygen atoms in total. The number of nitrogens with zero attached hydrogens (tertiary/aromatic N) is 3. The molecule has 2 aromatic heterocycles. The molecule has 8 rings (SSSR count). The molecule has 0 saturated heterocycles. The van der Waals surface area contributed by atoms with Crippen molar-refractivity contribution in [1.29, 1.82) is 0 Å². The van der Waals surface area contributed by atoms with E-state index in [1.807, 2.05) is 24.4 Å². The van der Waals surface area contributed by atoms with Gasteiger partial charge in [-0.3, -0.25) is 4.99 Å². The first-order chi connectivity index (χ1) is 20.3. The number of aliphatic imine (C=N–C) groups is 1. The number of para-hydroxylation sites is 3. The molecule has 8 aromatic rings. The molecule has 0 atom stereocenters. The molecule has 0 unspecified atom stereocenters. The van der Waals surface area contributed by atoms with Gasteiger partial charge < -0.3 is 9.13 Å². The highest BCUT2D eigenvalue weighted by Crippen LogP contribution is 2.39. The zero-order valence-electron chi connectivity index (χ0n) is 22.5. The summed E-state index contributed by atoms with van der Waals surface area (Å²) in [4.78, 5) is 4.73. The molecule has 2 heterocycles. The van der Waals surface area contributed by atoms with Crippen molar-refractivity contribution in [1.82, 2.24) is 9.13 Å². The monoisotopic (exact) mass is 525 g/mol. The van der Waals surface area contributed by atoms with Gasteiger partial charge in [-0.1, -0.05) is 97.1 Å². The second-order valence-corrected chi connectivity index (χ2v) is 10.5. The third-order valence-corrected chi connectivity index (χ3v) is 7.96. The van der Waals surface area contributed by atoms with Crippen molar-refractivity contribution in [3.8, 4) is 11.4 Å². The van der Waals surface area contributed by atoms with Gasteiger partial charge in [-0.25, -0.2) is 0 Å². The summed E-state index contributed by atoms with van der Waals surface area (Å²) in [7, 11) is 0. The summed E-state index contributed by atoms with van der Waals surface area (Å²) in [6.45, 7) is 0.631. The molecule has 0 aliphatic heterocycles. The van der Waals surface area contributed by atoms with E-state index >= 15 is 0 Å². The van der Waals surface area contributed by atoms with Crippen molar-refractivity contribution >= 4 is 49.8 Å². The lowest BCUT2D eigenvalue weighted by molar-refractivity contribution is 1.06. The van der Waals surface area contributed by atoms with E-state index in [1.54, 1.807) is 0 Å². The lowest BCUT2D eigenvalue weighted by atomic mass is 10.1. The average molecular weight is 526 g/mol. The fourth-order valence-corrected chi connectivity index (χ4v) is 6.15. The first-order valence-corrected chi connectivity index (χ1v) is 14.0. The van der Waals surface area contributed by atoms with Crippen LogP contribution in [-0.2, 0) is 6.54 Å². The van der Waals surface area contributed by atoms with Gasteiger partial charge >= 0.3 is 0 Å². The van der Waals surface area contributed by atoms with Crippen LogP contribution >= 0.6 is 0 Å². The van der Waals surface area contributed by atoms with E-state index in [-0.39, 0.29) is 0 Å². The fourth-order valence-electron chi connectivity index (χ4n) is 6.15. The normalized spacial score (nSPS) is 11.9. The van der Waals surface area contributed by atoms with Crippen LogP contribution < -0.4 is 0 Å². The minimum Gasteiger partial charge on any atom is -0.309 e. The molecule has 0 saturated carbocycles. The van der Waals surface area contributed by atoms with E-state index in [0.29, 0.717) is 6.54 Å². The highest BCUT2D eigenvalue weighted by Gasteiger charge is 2.18. The van der Waals surface area contributed by atoms with E-state index in [0.717, 1.165) is 11.3 Å². The summed E-state index contributed by atoms with van der Waals surface area (Å²) in [6, 6.07) is 51.9. The average Bonchev–Trinajstić information content (AvgIpc) is 3.53. The quantitative estimate of drug-likeness (QED) is 0.200. The van der Waals surface area contributed by atoms with E-state index in [2.05, 4.69) is 137 Å². The predicted octanol–water partition coefficient (Wildman–Crippen LogP) is 9.50. The van der Waals surface area contributed by atoms with Crippen molar-refractivity contribution in [2.75, 3.05) is 0 Å².